The SMILES string of the molecule is CCCCCOc1ccc(OC(=O)[C@@H]2CC[C@@H]3CC(CCC)CCC3C2)cc1. The van der Waals surface area contributed by atoms with Crippen molar-refractivity contribution in [3.63, 3.8) is 0 Å². The molecule has 3 rings (SSSR count). The van der Waals surface area contributed by atoms with Crippen LogP contribution < -0.4 is 9.47 Å². The van der Waals surface area contributed by atoms with Gasteiger partial charge in [0.2, 0.25) is 0 Å². The van der Waals surface area contributed by atoms with Crippen LogP contribution in [0.5, 0.6) is 11.5 Å². The molecule has 3 heteroatoms. The molecular weight excluding hydrogens is 348 g/mol. The Labute approximate surface area is 171 Å². The summed E-state index contributed by atoms with van der Waals surface area (Å²) in [6.45, 7) is 5.23. The fourth-order valence-electron chi connectivity index (χ4n) is 5.22. The van der Waals surface area contributed by atoms with Crippen molar-refractivity contribution < 1.29 is 14.3 Å². The minimum absolute atomic E-state index is 0.0363. The van der Waals surface area contributed by atoms with Crippen LogP contribution in [0.25, 0.3) is 0 Å². The second-order valence-electron chi connectivity index (χ2n) is 8.95. The van der Waals surface area contributed by atoms with Crippen LogP contribution >= 0.6 is 0 Å². The van der Waals surface area contributed by atoms with Gasteiger partial charge in [0.25, 0.3) is 0 Å². The maximum atomic E-state index is 12.7. The molecule has 156 valence electrons. The maximum Gasteiger partial charge on any atom is 0.314 e. The summed E-state index contributed by atoms with van der Waals surface area (Å²) in [6.07, 6.45) is 13.4. The van der Waals surface area contributed by atoms with Crippen LogP contribution in [0.3, 0.4) is 0 Å². The molecule has 0 spiro atoms. The number of hydrogen-bond donors (Lipinski definition) is 0. The molecule has 2 saturated carbocycles. The minimum Gasteiger partial charge on any atom is -0.494 e. The van der Waals surface area contributed by atoms with Crippen LogP contribution in [-0.4, -0.2) is 12.6 Å². The van der Waals surface area contributed by atoms with E-state index in [1.165, 1.54) is 51.4 Å². The number of unbranched alkanes of at least 4 members (excludes halogenated alkanes) is 2. The highest BCUT2D eigenvalue weighted by atomic mass is 16.5. The fraction of sp³-hybridized carbons (Fsp3) is 0.720. The van der Waals surface area contributed by atoms with E-state index < -0.39 is 0 Å². The van der Waals surface area contributed by atoms with Crippen molar-refractivity contribution in [1.82, 2.24) is 0 Å². The van der Waals surface area contributed by atoms with E-state index in [-0.39, 0.29) is 11.9 Å². The molecule has 0 N–H and O–H groups in total. The molecule has 2 aliphatic carbocycles. The smallest absolute Gasteiger partial charge is 0.314 e. The van der Waals surface area contributed by atoms with Gasteiger partial charge < -0.3 is 9.47 Å². The Kier molecular flexibility index (Phi) is 8.24. The molecule has 0 heterocycles. The molecule has 4 atom stereocenters. The largest absolute Gasteiger partial charge is 0.494 e. The third kappa shape index (κ3) is 5.99. The lowest BCUT2D eigenvalue weighted by molar-refractivity contribution is -0.141. The van der Waals surface area contributed by atoms with Gasteiger partial charge in [-0.3, -0.25) is 4.79 Å². The van der Waals surface area contributed by atoms with Crippen molar-refractivity contribution in [1.29, 1.82) is 0 Å². The lowest BCUT2D eigenvalue weighted by atomic mass is 9.64. The van der Waals surface area contributed by atoms with Crippen molar-refractivity contribution in [3.05, 3.63) is 24.3 Å². The second kappa shape index (κ2) is 10.9. The van der Waals surface area contributed by atoms with Crippen molar-refractivity contribution in [3.8, 4) is 11.5 Å². The topological polar surface area (TPSA) is 35.5 Å². The summed E-state index contributed by atoms with van der Waals surface area (Å²) in [5.41, 5.74) is 0. The number of carbonyl (C=O) groups excluding carboxylic acids is 1. The van der Waals surface area contributed by atoms with Crippen LogP contribution in [0.1, 0.15) is 84.5 Å². The van der Waals surface area contributed by atoms with Crippen molar-refractivity contribution >= 4 is 5.97 Å². The zero-order valence-corrected chi connectivity index (χ0v) is 17.8. The van der Waals surface area contributed by atoms with Crippen molar-refractivity contribution in [2.24, 2.45) is 23.7 Å². The van der Waals surface area contributed by atoms with Crippen molar-refractivity contribution in [2.45, 2.75) is 84.5 Å². The minimum atomic E-state index is -0.0363. The monoisotopic (exact) mass is 386 g/mol. The van der Waals surface area contributed by atoms with Crippen LogP contribution in [0.15, 0.2) is 24.3 Å². The predicted molar refractivity (Wildman–Crippen MR) is 114 cm³/mol. The lowest BCUT2D eigenvalue weighted by Crippen LogP contribution is -2.35. The molecule has 2 aliphatic rings. The van der Waals surface area contributed by atoms with Crippen LogP contribution in [-0.2, 0) is 4.79 Å². The molecule has 2 fully saturated rings. The summed E-state index contributed by atoms with van der Waals surface area (Å²) in [4.78, 5) is 12.7. The molecule has 0 saturated heterocycles. The first kappa shape index (κ1) is 21.2. The lowest BCUT2D eigenvalue weighted by Gasteiger charge is -2.41. The second-order valence-corrected chi connectivity index (χ2v) is 8.95. The third-order valence-electron chi connectivity index (χ3n) is 6.81. The molecule has 0 bridgehead atoms. The molecule has 0 radical (unpaired) electrons. The highest BCUT2D eigenvalue weighted by molar-refractivity contribution is 5.75. The highest BCUT2D eigenvalue weighted by Gasteiger charge is 2.38. The van der Waals surface area contributed by atoms with E-state index in [4.69, 9.17) is 9.47 Å². The number of ether oxygens (including phenoxy) is 2. The van der Waals surface area contributed by atoms with Gasteiger partial charge >= 0.3 is 5.97 Å². The first-order valence-electron chi connectivity index (χ1n) is 11.6. The number of esters is 1. The molecule has 0 aliphatic heterocycles. The van der Waals surface area contributed by atoms with E-state index in [2.05, 4.69) is 13.8 Å². The Morgan fingerprint density at radius 2 is 1.61 bits per heavy atom. The highest BCUT2D eigenvalue weighted by Crippen LogP contribution is 2.46. The molecule has 3 nitrogen and oxygen atoms in total. The zero-order chi connectivity index (χ0) is 19.8. The van der Waals surface area contributed by atoms with Gasteiger partial charge in [0.05, 0.1) is 12.5 Å². The first-order valence-corrected chi connectivity index (χ1v) is 11.6. The summed E-state index contributed by atoms with van der Waals surface area (Å²) < 4.78 is 11.4. The number of rotatable bonds is 9. The Morgan fingerprint density at radius 1 is 0.893 bits per heavy atom. The Hall–Kier alpha value is -1.51. The Balaban J connectivity index is 1.44. The number of hydrogen-bond acceptors (Lipinski definition) is 3. The molecular formula is C25H38O3. The summed E-state index contributed by atoms with van der Waals surface area (Å²) in [5, 5.41) is 0. The fourth-order valence-corrected chi connectivity index (χ4v) is 5.22. The predicted octanol–water partition coefficient (Wildman–Crippen LogP) is 6.79. The average Bonchev–Trinajstić information content (AvgIpc) is 2.72. The summed E-state index contributed by atoms with van der Waals surface area (Å²) in [7, 11) is 0. The Morgan fingerprint density at radius 3 is 2.36 bits per heavy atom. The molecule has 1 aromatic carbocycles. The first-order chi connectivity index (χ1) is 13.7. The number of carbonyl (C=O) groups is 1. The van der Waals surface area contributed by atoms with Gasteiger partial charge in [0, 0.05) is 0 Å². The zero-order valence-electron chi connectivity index (χ0n) is 17.8. The van der Waals surface area contributed by atoms with Gasteiger partial charge in [-0.05, 0) is 80.5 Å². The molecule has 0 aromatic heterocycles. The van der Waals surface area contributed by atoms with E-state index in [1.54, 1.807) is 0 Å². The maximum absolute atomic E-state index is 12.7. The molecule has 2 unspecified atom stereocenters. The molecule has 1 aromatic rings. The van der Waals surface area contributed by atoms with Crippen LogP contribution in [0.2, 0.25) is 0 Å². The summed E-state index contributed by atoms with van der Waals surface area (Å²) >= 11 is 0. The van der Waals surface area contributed by atoms with Gasteiger partial charge in [0.15, 0.2) is 0 Å². The van der Waals surface area contributed by atoms with Gasteiger partial charge in [-0.25, -0.2) is 0 Å². The van der Waals surface area contributed by atoms with Crippen molar-refractivity contribution in [2.75, 3.05) is 6.61 Å². The van der Waals surface area contributed by atoms with Crippen LogP contribution in [0, 0.1) is 23.7 Å². The van der Waals surface area contributed by atoms with E-state index in [9.17, 15) is 4.79 Å². The third-order valence-corrected chi connectivity index (χ3v) is 6.81. The van der Waals surface area contributed by atoms with Gasteiger partial charge in [-0.2, -0.15) is 0 Å². The van der Waals surface area contributed by atoms with Gasteiger partial charge in [-0.15, -0.1) is 0 Å². The summed E-state index contributed by atoms with van der Waals surface area (Å²) in [6, 6.07) is 7.52. The standard InChI is InChI=1S/C25H38O3/c1-3-5-6-16-27-23-12-14-24(15-13-23)28-25(26)22-11-10-20-17-19(7-4-2)8-9-21(20)18-22/h12-15,19-22H,3-11,16-18H2,1-2H3/t19?,20-,21?,22-/m1/s1. The van der Waals surface area contributed by atoms with E-state index >= 15 is 0 Å². The Bertz CT molecular complexity index is 594. The number of benzene rings is 1. The normalized spacial score (nSPS) is 27.1. The quantitative estimate of drug-likeness (QED) is 0.266. The van der Waals surface area contributed by atoms with E-state index in [1.807, 2.05) is 24.3 Å². The van der Waals surface area contributed by atoms with Crippen LogP contribution in [0.4, 0.5) is 0 Å². The molecule has 28 heavy (non-hydrogen) atoms. The number of fused-ring (bicyclic) bond motifs is 1. The van der Waals surface area contributed by atoms with E-state index in [0.717, 1.165) is 49.4 Å². The molecule has 0 amide bonds. The van der Waals surface area contributed by atoms with E-state index in [0.29, 0.717) is 5.75 Å². The summed E-state index contributed by atoms with van der Waals surface area (Å²) in [5.74, 6) is 4.04. The van der Waals surface area contributed by atoms with Gasteiger partial charge in [0.1, 0.15) is 11.5 Å². The average molecular weight is 387 g/mol. The van der Waals surface area contributed by atoms with Gasteiger partial charge in [-0.1, -0.05) is 46.0 Å².